The number of hydrogen-bond donors (Lipinski definition) is 1. The molecule has 1 aromatic rings. The fourth-order valence-corrected chi connectivity index (χ4v) is 1.81. The molecule has 2 N–H and O–H groups in total. The normalized spacial score (nSPS) is 18.5. The fraction of sp³-hybridized carbons (Fsp3) is 0.800. The van der Waals surface area contributed by atoms with E-state index in [2.05, 4.69) is 21.7 Å². The predicted octanol–water partition coefficient (Wildman–Crippen LogP) is 1.41. The summed E-state index contributed by atoms with van der Waals surface area (Å²) in [6, 6.07) is 0.0998. The lowest BCUT2D eigenvalue weighted by Crippen LogP contribution is -2.19. The molecular formula is C10H18N4. The highest BCUT2D eigenvalue weighted by Gasteiger charge is 2.32. The molecule has 1 heterocycles. The highest BCUT2D eigenvalue weighted by molar-refractivity contribution is 5.04. The third-order valence-electron chi connectivity index (χ3n) is 2.84. The van der Waals surface area contributed by atoms with Crippen LogP contribution in [0.4, 0.5) is 0 Å². The van der Waals surface area contributed by atoms with E-state index < -0.39 is 0 Å². The van der Waals surface area contributed by atoms with Crippen LogP contribution < -0.4 is 5.73 Å². The minimum Gasteiger partial charge on any atom is -0.321 e. The van der Waals surface area contributed by atoms with Crippen LogP contribution in [0.2, 0.25) is 0 Å². The zero-order valence-corrected chi connectivity index (χ0v) is 8.90. The first-order valence-electron chi connectivity index (χ1n) is 5.39. The van der Waals surface area contributed by atoms with Crippen LogP contribution in [0, 0.1) is 12.8 Å². The van der Waals surface area contributed by atoms with Crippen molar-refractivity contribution in [3.8, 4) is 0 Å². The van der Waals surface area contributed by atoms with Gasteiger partial charge in [0.15, 0.2) is 0 Å². The first-order chi connectivity index (χ1) is 6.74. The molecule has 14 heavy (non-hydrogen) atoms. The second-order valence-corrected chi connectivity index (χ2v) is 4.12. The summed E-state index contributed by atoms with van der Waals surface area (Å²) in [4.78, 5) is 0. The Morgan fingerprint density at radius 1 is 1.50 bits per heavy atom. The van der Waals surface area contributed by atoms with Crippen LogP contribution in [-0.4, -0.2) is 14.8 Å². The van der Waals surface area contributed by atoms with E-state index in [1.807, 2.05) is 6.92 Å². The maximum Gasteiger partial charge on any atom is 0.150 e. The van der Waals surface area contributed by atoms with Gasteiger partial charge < -0.3 is 10.3 Å². The number of nitrogens with zero attached hydrogens (tertiary/aromatic N) is 3. The zero-order valence-electron chi connectivity index (χ0n) is 8.90. The smallest absolute Gasteiger partial charge is 0.150 e. The first kappa shape index (κ1) is 9.65. The molecule has 0 radical (unpaired) electrons. The van der Waals surface area contributed by atoms with Gasteiger partial charge in [0.25, 0.3) is 0 Å². The molecule has 1 saturated carbocycles. The van der Waals surface area contributed by atoms with Crippen LogP contribution in [0.25, 0.3) is 0 Å². The van der Waals surface area contributed by atoms with Gasteiger partial charge in [0.05, 0.1) is 6.04 Å². The zero-order chi connectivity index (χ0) is 10.1. The fourth-order valence-electron chi connectivity index (χ4n) is 1.81. The lowest BCUT2D eigenvalue weighted by atomic mass is 10.2. The van der Waals surface area contributed by atoms with Gasteiger partial charge in [-0.05, 0) is 32.1 Å². The van der Waals surface area contributed by atoms with Crippen molar-refractivity contribution in [2.24, 2.45) is 11.7 Å². The van der Waals surface area contributed by atoms with Crippen molar-refractivity contribution < 1.29 is 0 Å². The van der Waals surface area contributed by atoms with Gasteiger partial charge in [0, 0.05) is 6.54 Å². The van der Waals surface area contributed by atoms with Crippen molar-refractivity contribution in [1.29, 1.82) is 0 Å². The van der Waals surface area contributed by atoms with Crippen molar-refractivity contribution in [2.75, 3.05) is 0 Å². The number of nitrogens with two attached hydrogens (primary N) is 1. The summed E-state index contributed by atoms with van der Waals surface area (Å²) in [5, 5.41) is 8.28. The van der Waals surface area contributed by atoms with Crippen LogP contribution in [0.5, 0.6) is 0 Å². The minimum absolute atomic E-state index is 0.0998. The van der Waals surface area contributed by atoms with Gasteiger partial charge in [-0.25, -0.2) is 0 Å². The van der Waals surface area contributed by atoms with Gasteiger partial charge in [-0.1, -0.05) is 6.92 Å². The van der Waals surface area contributed by atoms with E-state index >= 15 is 0 Å². The Hall–Kier alpha value is -0.900. The van der Waals surface area contributed by atoms with E-state index in [9.17, 15) is 0 Å². The molecule has 4 heteroatoms. The lowest BCUT2D eigenvalue weighted by Gasteiger charge is -2.12. The van der Waals surface area contributed by atoms with Crippen LogP contribution in [-0.2, 0) is 6.54 Å². The molecule has 78 valence electrons. The topological polar surface area (TPSA) is 56.7 Å². The van der Waals surface area contributed by atoms with Crippen LogP contribution >= 0.6 is 0 Å². The number of rotatable bonds is 4. The minimum atomic E-state index is 0.0998. The summed E-state index contributed by atoms with van der Waals surface area (Å²) in [7, 11) is 0. The molecule has 2 rings (SSSR count). The largest absolute Gasteiger partial charge is 0.321 e. The third kappa shape index (κ3) is 1.66. The molecule has 1 fully saturated rings. The molecule has 0 spiro atoms. The highest BCUT2D eigenvalue weighted by Crippen LogP contribution is 2.38. The van der Waals surface area contributed by atoms with Crippen LogP contribution in [0.3, 0.4) is 0 Å². The second kappa shape index (κ2) is 3.69. The Morgan fingerprint density at radius 2 is 2.21 bits per heavy atom. The van der Waals surface area contributed by atoms with Crippen molar-refractivity contribution in [2.45, 2.75) is 45.7 Å². The second-order valence-electron chi connectivity index (χ2n) is 4.12. The van der Waals surface area contributed by atoms with E-state index in [4.69, 9.17) is 5.73 Å². The number of hydrogen-bond acceptors (Lipinski definition) is 3. The first-order valence-corrected chi connectivity index (χ1v) is 5.39. The summed E-state index contributed by atoms with van der Waals surface area (Å²) in [6.45, 7) is 5.13. The average molecular weight is 194 g/mol. The standard InChI is InChI=1S/C10H18N4/c1-3-6-14-7(2)12-13-10(14)9(11)8-4-5-8/h8-9H,3-6,11H2,1-2H3. The molecule has 4 nitrogen and oxygen atoms in total. The van der Waals surface area contributed by atoms with E-state index in [1.165, 1.54) is 12.8 Å². The molecule has 1 aliphatic carbocycles. The van der Waals surface area contributed by atoms with Gasteiger partial charge in [-0.3, -0.25) is 0 Å². The van der Waals surface area contributed by atoms with Gasteiger partial charge in [0.2, 0.25) is 0 Å². The molecule has 0 bridgehead atoms. The summed E-state index contributed by atoms with van der Waals surface area (Å²) in [5.41, 5.74) is 6.12. The SMILES string of the molecule is CCCn1c(C)nnc1C(N)C1CC1. The molecule has 0 saturated heterocycles. The molecule has 1 atom stereocenters. The Kier molecular flexibility index (Phi) is 2.54. The lowest BCUT2D eigenvalue weighted by molar-refractivity contribution is 0.530. The van der Waals surface area contributed by atoms with E-state index in [1.54, 1.807) is 0 Å². The van der Waals surface area contributed by atoms with Crippen molar-refractivity contribution in [3.63, 3.8) is 0 Å². The number of aromatic nitrogens is 3. The molecular weight excluding hydrogens is 176 g/mol. The Bertz CT molecular complexity index is 314. The van der Waals surface area contributed by atoms with Gasteiger partial charge in [0.1, 0.15) is 11.6 Å². The van der Waals surface area contributed by atoms with Crippen molar-refractivity contribution >= 4 is 0 Å². The summed E-state index contributed by atoms with van der Waals surface area (Å²) < 4.78 is 2.16. The number of aryl methyl sites for hydroxylation is 1. The van der Waals surface area contributed by atoms with Crippen molar-refractivity contribution in [1.82, 2.24) is 14.8 Å². The van der Waals surface area contributed by atoms with Crippen LogP contribution in [0.15, 0.2) is 0 Å². The van der Waals surface area contributed by atoms with E-state index in [0.717, 1.165) is 24.6 Å². The quantitative estimate of drug-likeness (QED) is 0.788. The highest BCUT2D eigenvalue weighted by atomic mass is 15.3. The average Bonchev–Trinajstić information content (AvgIpc) is 2.94. The van der Waals surface area contributed by atoms with Gasteiger partial charge >= 0.3 is 0 Å². The third-order valence-corrected chi connectivity index (χ3v) is 2.84. The molecule has 1 aromatic heterocycles. The summed E-state index contributed by atoms with van der Waals surface area (Å²) >= 11 is 0. The molecule has 1 aliphatic rings. The molecule has 0 aliphatic heterocycles. The molecule has 0 aromatic carbocycles. The predicted molar refractivity (Wildman–Crippen MR) is 54.7 cm³/mol. The van der Waals surface area contributed by atoms with Crippen molar-refractivity contribution in [3.05, 3.63) is 11.6 Å². The Balaban J connectivity index is 2.22. The Morgan fingerprint density at radius 3 is 2.79 bits per heavy atom. The Labute approximate surface area is 84.5 Å². The summed E-state index contributed by atoms with van der Waals surface area (Å²) in [5.74, 6) is 2.61. The monoisotopic (exact) mass is 194 g/mol. The van der Waals surface area contributed by atoms with E-state index in [0.29, 0.717) is 5.92 Å². The maximum atomic E-state index is 6.12. The van der Waals surface area contributed by atoms with Gasteiger partial charge in [-0.2, -0.15) is 0 Å². The molecule has 0 amide bonds. The van der Waals surface area contributed by atoms with Gasteiger partial charge in [-0.15, -0.1) is 10.2 Å². The van der Waals surface area contributed by atoms with E-state index in [-0.39, 0.29) is 6.04 Å². The summed E-state index contributed by atoms with van der Waals surface area (Å²) in [6.07, 6.45) is 3.60. The molecule has 1 unspecified atom stereocenters. The maximum absolute atomic E-state index is 6.12. The van der Waals surface area contributed by atoms with Crippen LogP contribution in [0.1, 0.15) is 43.9 Å².